The molecule has 0 saturated carbocycles. The molecule has 1 heterocycles. The highest BCUT2D eigenvalue weighted by Crippen LogP contribution is 2.30. The molecule has 0 spiro atoms. The number of fused-ring (bicyclic) bond motifs is 1. The van der Waals surface area contributed by atoms with E-state index in [1.54, 1.807) is 20.8 Å². The summed E-state index contributed by atoms with van der Waals surface area (Å²) < 4.78 is 5.55. The number of carbonyl (C=O) groups excluding carboxylic acids is 1. The number of hydrogen-bond donors (Lipinski definition) is 1. The zero-order valence-electron chi connectivity index (χ0n) is 10.7. The van der Waals surface area contributed by atoms with Crippen LogP contribution < -0.4 is 5.43 Å². The predicted octanol–water partition coefficient (Wildman–Crippen LogP) is 2.63. The number of phenolic OH excluding ortho intramolecular Hbond substituents is 1. The maximum Gasteiger partial charge on any atom is 0.196 e. The normalized spacial score (nSPS) is 10.9. The number of phenols is 1. The number of ketones is 1. The van der Waals surface area contributed by atoms with Gasteiger partial charge in [-0.1, -0.05) is 0 Å². The van der Waals surface area contributed by atoms with Crippen molar-refractivity contribution in [2.24, 2.45) is 0 Å². The third-order valence-electron chi connectivity index (χ3n) is 3.16. The van der Waals surface area contributed by atoms with E-state index >= 15 is 0 Å². The number of aryl methyl sites for hydroxylation is 2. The van der Waals surface area contributed by atoms with E-state index in [0.29, 0.717) is 22.3 Å². The molecule has 18 heavy (non-hydrogen) atoms. The first-order valence-corrected chi connectivity index (χ1v) is 5.62. The molecule has 0 bridgehead atoms. The summed E-state index contributed by atoms with van der Waals surface area (Å²) in [5.74, 6) is -0.0252. The molecule has 0 aliphatic rings. The second-order valence-electron chi connectivity index (χ2n) is 4.46. The highest BCUT2D eigenvalue weighted by atomic mass is 16.3. The van der Waals surface area contributed by atoms with Crippen LogP contribution in [0.5, 0.6) is 5.75 Å². The number of rotatable bonds is 1. The number of carbonyl (C=O) groups is 1. The second kappa shape index (κ2) is 3.98. The molecule has 4 heteroatoms. The molecule has 0 saturated heterocycles. The molecule has 94 valence electrons. The summed E-state index contributed by atoms with van der Waals surface area (Å²) >= 11 is 0. The Balaban J connectivity index is 3.15. The van der Waals surface area contributed by atoms with Crippen molar-refractivity contribution in [3.63, 3.8) is 0 Å². The third-order valence-corrected chi connectivity index (χ3v) is 3.16. The summed E-state index contributed by atoms with van der Waals surface area (Å²) in [5, 5.41) is 10.2. The first kappa shape index (κ1) is 12.4. The molecule has 0 aliphatic heterocycles. The van der Waals surface area contributed by atoms with Gasteiger partial charge in [0.05, 0.1) is 5.39 Å². The van der Waals surface area contributed by atoms with Gasteiger partial charge in [0.2, 0.25) is 0 Å². The lowest BCUT2D eigenvalue weighted by molar-refractivity contribution is 0.101. The highest BCUT2D eigenvalue weighted by Gasteiger charge is 2.19. The lowest BCUT2D eigenvalue weighted by Crippen LogP contribution is -2.11. The van der Waals surface area contributed by atoms with Crippen LogP contribution in [0.25, 0.3) is 11.0 Å². The molecule has 0 unspecified atom stereocenters. The Morgan fingerprint density at radius 3 is 2.44 bits per heavy atom. The fourth-order valence-corrected chi connectivity index (χ4v) is 2.07. The maximum absolute atomic E-state index is 12.2. The molecule has 0 aliphatic carbocycles. The van der Waals surface area contributed by atoms with Crippen LogP contribution >= 0.6 is 0 Å². The van der Waals surface area contributed by atoms with Gasteiger partial charge in [0.1, 0.15) is 17.1 Å². The van der Waals surface area contributed by atoms with Gasteiger partial charge in [0.15, 0.2) is 16.8 Å². The molecular formula is C14H14O4. The molecule has 0 amide bonds. The molecule has 1 aromatic carbocycles. The fourth-order valence-electron chi connectivity index (χ4n) is 2.07. The van der Waals surface area contributed by atoms with Crippen molar-refractivity contribution >= 4 is 16.8 Å². The van der Waals surface area contributed by atoms with E-state index < -0.39 is 0 Å². The van der Waals surface area contributed by atoms with E-state index in [2.05, 4.69) is 0 Å². The summed E-state index contributed by atoms with van der Waals surface area (Å²) in [6, 6.07) is 1.42. The van der Waals surface area contributed by atoms with Crippen molar-refractivity contribution in [2.75, 3.05) is 0 Å². The summed E-state index contributed by atoms with van der Waals surface area (Å²) in [6.45, 7) is 6.39. The summed E-state index contributed by atoms with van der Waals surface area (Å²) in [4.78, 5) is 23.8. The van der Waals surface area contributed by atoms with Crippen LogP contribution in [0.4, 0.5) is 0 Å². The highest BCUT2D eigenvalue weighted by molar-refractivity contribution is 6.08. The Morgan fingerprint density at radius 1 is 1.28 bits per heavy atom. The fraction of sp³-hybridized carbons (Fsp3) is 0.286. The third kappa shape index (κ3) is 1.61. The van der Waals surface area contributed by atoms with Crippen molar-refractivity contribution in [3.05, 3.63) is 38.7 Å². The Kier molecular flexibility index (Phi) is 2.73. The van der Waals surface area contributed by atoms with E-state index in [1.807, 2.05) is 0 Å². The van der Waals surface area contributed by atoms with E-state index in [1.165, 1.54) is 13.0 Å². The van der Waals surface area contributed by atoms with Gasteiger partial charge in [0.25, 0.3) is 0 Å². The van der Waals surface area contributed by atoms with Gasteiger partial charge in [-0.25, -0.2) is 0 Å². The van der Waals surface area contributed by atoms with Crippen LogP contribution in [-0.2, 0) is 0 Å². The molecule has 4 nitrogen and oxygen atoms in total. The van der Waals surface area contributed by atoms with Crippen molar-refractivity contribution in [2.45, 2.75) is 27.7 Å². The minimum Gasteiger partial charge on any atom is -0.507 e. The summed E-state index contributed by atoms with van der Waals surface area (Å²) in [6.07, 6.45) is 0. The molecule has 1 N–H and O–H groups in total. The SMILES string of the molecule is CC(=O)c1c(O)cc(C)c2c(=O)c(C)c(C)oc12. The number of hydrogen-bond acceptors (Lipinski definition) is 4. The molecule has 2 aromatic rings. The van der Waals surface area contributed by atoms with Crippen LogP contribution in [0, 0.1) is 20.8 Å². The van der Waals surface area contributed by atoms with Gasteiger partial charge < -0.3 is 9.52 Å². The lowest BCUT2D eigenvalue weighted by Gasteiger charge is -2.10. The Bertz CT molecular complexity index is 723. The standard InChI is InChI=1S/C14H14O4/c1-6-5-10(16)12(8(3)15)14-11(6)13(17)7(2)9(4)18-14/h5,16H,1-4H3. The smallest absolute Gasteiger partial charge is 0.196 e. The predicted molar refractivity (Wildman–Crippen MR) is 68.4 cm³/mol. The van der Waals surface area contributed by atoms with Crippen LogP contribution in [0.1, 0.15) is 34.2 Å². The molecule has 0 atom stereocenters. The van der Waals surface area contributed by atoms with Crippen molar-refractivity contribution in [1.82, 2.24) is 0 Å². The minimum absolute atomic E-state index is 0.0656. The average molecular weight is 246 g/mol. The second-order valence-corrected chi connectivity index (χ2v) is 4.46. The number of Topliss-reactive ketones (excluding diaryl/α,β-unsaturated/α-hetero) is 1. The van der Waals surface area contributed by atoms with Crippen LogP contribution in [0.2, 0.25) is 0 Å². The topological polar surface area (TPSA) is 67.5 Å². The van der Waals surface area contributed by atoms with Crippen molar-refractivity contribution < 1.29 is 14.3 Å². The largest absolute Gasteiger partial charge is 0.507 e. The van der Waals surface area contributed by atoms with E-state index in [-0.39, 0.29) is 28.1 Å². The molecule has 2 rings (SSSR count). The zero-order valence-corrected chi connectivity index (χ0v) is 10.7. The van der Waals surface area contributed by atoms with Crippen LogP contribution in [0.3, 0.4) is 0 Å². The molecular weight excluding hydrogens is 232 g/mol. The van der Waals surface area contributed by atoms with Gasteiger partial charge in [-0.15, -0.1) is 0 Å². The summed E-state index contributed by atoms with van der Waals surface area (Å²) in [5.41, 5.74) is 1.20. The van der Waals surface area contributed by atoms with Crippen LogP contribution in [0.15, 0.2) is 15.3 Å². The number of aromatic hydroxyl groups is 1. The molecule has 1 aromatic heterocycles. The van der Waals surface area contributed by atoms with Gasteiger partial charge >= 0.3 is 0 Å². The molecule has 0 radical (unpaired) electrons. The van der Waals surface area contributed by atoms with E-state index in [4.69, 9.17) is 4.42 Å². The average Bonchev–Trinajstić information content (AvgIpc) is 2.24. The van der Waals surface area contributed by atoms with Crippen LogP contribution in [-0.4, -0.2) is 10.9 Å². The zero-order chi connectivity index (χ0) is 13.6. The van der Waals surface area contributed by atoms with Crippen molar-refractivity contribution in [1.29, 1.82) is 0 Å². The van der Waals surface area contributed by atoms with Gasteiger partial charge in [-0.05, 0) is 39.3 Å². The molecule has 0 fully saturated rings. The summed E-state index contributed by atoms with van der Waals surface area (Å²) in [7, 11) is 0. The number of benzene rings is 1. The quantitative estimate of drug-likeness (QED) is 0.785. The van der Waals surface area contributed by atoms with Crippen molar-refractivity contribution in [3.8, 4) is 5.75 Å². The Morgan fingerprint density at radius 2 is 1.89 bits per heavy atom. The first-order valence-electron chi connectivity index (χ1n) is 5.62. The Hall–Kier alpha value is -2.10. The van der Waals surface area contributed by atoms with E-state index in [9.17, 15) is 14.7 Å². The first-order chi connectivity index (χ1) is 8.34. The Labute approximate surface area is 104 Å². The maximum atomic E-state index is 12.2. The van der Waals surface area contributed by atoms with E-state index in [0.717, 1.165) is 0 Å². The lowest BCUT2D eigenvalue weighted by atomic mass is 10.0. The van der Waals surface area contributed by atoms with Gasteiger partial charge in [-0.2, -0.15) is 0 Å². The van der Waals surface area contributed by atoms with Gasteiger partial charge in [0, 0.05) is 5.56 Å². The monoisotopic (exact) mass is 246 g/mol. The van der Waals surface area contributed by atoms with Gasteiger partial charge in [-0.3, -0.25) is 9.59 Å². The minimum atomic E-state index is -0.330.